The van der Waals surface area contributed by atoms with Gasteiger partial charge in [0, 0.05) is 18.2 Å². The average Bonchev–Trinajstić information content (AvgIpc) is 3.16. The molecule has 3 rings (SSSR count). The summed E-state index contributed by atoms with van der Waals surface area (Å²) in [5.41, 5.74) is -1.36. The lowest BCUT2D eigenvalue weighted by atomic mass is 10.0. The third-order valence-corrected chi connectivity index (χ3v) is 7.35. The first kappa shape index (κ1) is 29.3. The number of aliphatic hydroxyl groups excluding tert-OH is 1. The number of ether oxygens (including phenoxy) is 3. The highest BCUT2D eigenvalue weighted by Gasteiger charge is 2.44. The molecule has 2 heterocycles. The van der Waals surface area contributed by atoms with E-state index in [0.717, 1.165) is 17.7 Å². The lowest BCUT2D eigenvalue weighted by molar-refractivity contribution is -0.142. The number of hydrogen-bond donors (Lipinski definition) is 3. The first-order chi connectivity index (χ1) is 18.0. The van der Waals surface area contributed by atoms with Crippen molar-refractivity contribution in [1.82, 2.24) is 14.6 Å². The number of aliphatic hydroxyl groups is 1. The Hall–Kier alpha value is -3.29. The minimum Gasteiger partial charge on any atom is -0.468 e. The van der Waals surface area contributed by atoms with Gasteiger partial charge in [0.25, 0.3) is 5.56 Å². The van der Waals surface area contributed by atoms with E-state index in [0.29, 0.717) is 0 Å². The predicted molar refractivity (Wildman–Crippen MR) is 132 cm³/mol. The van der Waals surface area contributed by atoms with E-state index in [1.165, 1.54) is 31.3 Å². The maximum Gasteiger partial charge on any atom is 0.459 e. The van der Waals surface area contributed by atoms with Gasteiger partial charge in [-0.3, -0.25) is 23.7 Å². The molecule has 14 nitrogen and oxygen atoms in total. The number of nitrogens with zero attached hydrogens (tertiary/aromatic N) is 1. The molecular formula is C23H30N3O11P. The normalized spacial score (nSPS) is 23.3. The Morgan fingerprint density at radius 1 is 1.26 bits per heavy atom. The second-order valence-electron chi connectivity index (χ2n) is 8.41. The molecule has 1 aliphatic heterocycles. The van der Waals surface area contributed by atoms with Crippen LogP contribution in [0.4, 0.5) is 0 Å². The van der Waals surface area contributed by atoms with Crippen LogP contribution in [0.15, 0.2) is 46.1 Å². The Kier molecular flexibility index (Phi) is 9.63. The Bertz CT molecular complexity index is 1310. The fourth-order valence-electron chi connectivity index (χ4n) is 3.76. The summed E-state index contributed by atoms with van der Waals surface area (Å²) in [5.74, 6) is -2.26. The first-order valence-corrected chi connectivity index (χ1v) is 13.2. The Morgan fingerprint density at radius 3 is 2.63 bits per heavy atom. The van der Waals surface area contributed by atoms with E-state index in [2.05, 4.69) is 14.8 Å². The molecule has 2 aromatic rings. The van der Waals surface area contributed by atoms with Crippen molar-refractivity contribution in [2.75, 3.05) is 20.3 Å². The Morgan fingerprint density at radius 2 is 1.97 bits per heavy atom. The van der Waals surface area contributed by atoms with Crippen molar-refractivity contribution < 1.29 is 42.5 Å². The number of carbonyl (C=O) groups is 2. The topological polar surface area (TPSA) is 184 Å². The maximum absolute atomic E-state index is 13.8. The number of para-hydroxylation sites is 1. The summed E-state index contributed by atoms with van der Waals surface area (Å²) in [4.78, 5) is 50.1. The second-order valence-corrected chi connectivity index (χ2v) is 10.1. The molecule has 208 valence electrons. The maximum atomic E-state index is 13.8. The molecule has 1 fully saturated rings. The molecule has 1 aromatic carbocycles. The lowest BCUT2D eigenvalue weighted by Crippen LogP contribution is -2.36. The molecule has 0 radical (unpaired) electrons. The fourth-order valence-corrected chi connectivity index (χ4v) is 5.28. The van der Waals surface area contributed by atoms with Gasteiger partial charge in [-0.15, -0.1) is 0 Å². The Labute approximate surface area is 217 Å². The largest absolute Gasteiger partial charge is 0.468 e. The number of carbonyl (C=O) groups excluding carboxylic acids is 2. The van der Waals surface area contributed by atoms with Crippen LogP contribution in [-0.4, -0.2) is 65.2 Å². The molecule has 15 heteroatoms. The van der Waals surface area contributed by atoms with Crippen molar-refractivity contribution in [1.29, 1.82) is 0 Å². The van der Waals surface area contributed by atoms with Crippen LogP contribution in [0.5, 0.6) is 5.75 Å². The molecule has 3 N–H and O–H groups in total. The van der Waals surface area contributed by atoms with Gasteiger partial charge >= 0.3 is 25.4 Å². The number of rotatable bonds is 11. The number of H-pyrrole nitrogens is 1. The fraction of sp³-hybridized carbons (Fsp3) is 0.478. The molecule has 6 unspecified atom stereocenters. The van der Waals surface area contributed by atoms with Gasteiger partial charge in [0.15, 0.2) is 0 Å². The van der Waals surface area contributed by atoms with Crippen LogP contribution in [0.2, 0.25) is 0 Å². The van der Waals surface area contributed by atoms with Gasteiger partial charge in [-0.1, -0.05) is 19.1 Å². The van der Waals surface area contributed by atoms with Crippen LogP contribution in [0.3, 0.4) is 0 Å². The minimum atomic E-state index is -4.42. The monoisotopic (exact) mass is 555 g/mol. The molecule has 1 saturated heterocycles. The van der Waals surface area contributed by atoms with Gasteiger partial charge in [-0.05, 0) is 26.0 Å². The summed E-state index contributed by atoms with van der Waals surface area (Å²) in [6.45, 7) is 4.20. The van der Waals surface area contributed by atoms with Gasteiger partial charge in [0.2, 0.25) is 0 Å². The molecule has 1 aromatic heterocycles. The van der Waals surface area contributed by atoms with Crippen molar-refractivity contribution in [2.24, 2.45) is 5.92 Å². The number of aromatic amines is 1. The van der Waals surface area contributed by atoms with Crippen LogP contribution in [0, 0.1) is 5.92 Å². The highest BCUT2D eigenvalue weighted by molar-refractivity contribution is 7.52. The highest BCUT2D eigenvalue weighted by atomic mass is 31.2. The zero-order valence-corrected chi connectivity index (χ0v) is 22.1. The van der Waals surface area contributed by atoms with E-state index in [-0.39, 0.29) is 17.9 Å². The first-order valence-electron chi connectivity index (χ1n) is 11.7. The van der Waals surface area contributed by atoms with E-state index in [4.69, 9.17) is 18.5 Å². The summed E-state index contributed by atoms with van der Waals surface area (Å²) < 4.78 is 41.5. The number of benzene rings is 1. The van der Waals surface area contributed by atoms with E-state index < -0.39 is 67.9 Å². The SMILES string of the molecule is CCOC(=O)c1ccccc1OP(=O)(NC(C)C(=O)OC)OCC1OC(n2ccc(=O)[nH]c2=O)C(C)C1O. The molecule has 0 spiro atoms. The third kappa shape index (κ3) is 6.77. The number of aromatic nitrogens is 2. The average molecular weight is 555 g/mol. The van der Waals surface area contributed by atoms with Crippen LogP contribution >= 0.6 is 7.75 Å². The molecule has 6 atom stereocenters. The zero-order chi connectivity index (χ0) is 28.0. The summed E-state index contributed by atoms with van der Waals surface area (Å²) in [6, 6.07) is 5.84. The van der Waals surface area contributed by atoms with Crippen molar-refractivity contribution in [2.45, 2.75) is 45.2 Å². The van der Waals surface area contributed by atoms with Crippen LogP contribution in [0.1, 0.15) is 37.4 Å². The van der Waals surface area contributed by atoms with E-state index in [9.17, 15) is 28.8 Å². The zero-order valence-electron chi connectivity index (χ0n) is 21.2. The van der Waals surface area contributed by atoms with Gasteiger partial charge < -0.3 is 23.8 Å². The summed E-state index contributed by atoms with van der Waals surface area (Å²) >= 11 is 0. The third-order valence-electron chi connectivity index (χ3n) is 5.73. The van der Waals surface area contributed by atoms with Gasteiger partial charge in [0.05, 0.1) is 26.4 Å². The number of nitrogens with one attached hydrogen (secondary N) is 2. The van der Waals surface area contributed by atoms with Crippen LogP contribution < -0.4 is 20.9 Å². The van der Waals surface area contributed by atoms with Gasteiger partial charge in [-0.25, -0.2) is 14.2 Å². The lowest BCUT2D eigenvalue weighted by Gasteiger charge is -2.25. The number of hydrogen-bond acceptors (Lipinski definition) is 11. The smallest absolute Gasteiger partial charge is 0.459 e. The summed E-state index contributed by atoms with van der Waals surface area (Å²) in [5, 5.41) is 13.2. The van der Waals surface area contributed by atoms with Crippen LogP contribution in [-0.2, 0) is 28.1 Å². The van der Waals surface area contributed by atoms with E-state index in [1.54, 1.807) is 19.9 Å². The quantitative estimate of drug-likeness (QED) is 0.264. The summed E-state index contributed by atoms with van der Waals surface area (Å²) in [6.07, 6.45) is -1.98. The summed E-state index contributed by atoms with van der Waals surface area (Å²) in [7, 11) is -3.28. The predicted octanol–water partition coefficient (Wildman–Crippen LogP) is 0.963. The molecule has 1 aliphatic rings. The minimum absolute atomic E-state index is 0.0334. The second kappa shape index (κ2) is 12.5. The number of esters is 2. The molecule has 0 saturated carbocycles. The van der Waals surface area contributed by atoms with Crippen molar-refractivity contribution in [3.63, 3.8) is 0 Å². The van der Waals surface area contributed by atoms with E-state index >= 15 is 0 Å². The highest BCUT2D eigenvalue weighted by Crippen LogP contribution is 2.47. The van der Waals surface area contributed by atoms with E-state index in [1.807, 2.05) is 0 Å². The van der Waals surface area contributed by atoms with Crippen LogP contribution in [0.25, 0.3) is 0 Å². The molecule has 0 bridgehead atoms. The molecule has 0 amide bonds. The van der Waals surface area contributed by atoms with Crippen molar-refractivity contribution >= 4 is 19.7 Å². The van der Waals surface area contributed by atoms with Crippen molar-refractivity contribution in [3.05, 3.63) is 62.9 Å². The van der Waals surface area contributed by atoms with Crippen molar-refractivity contribution in [3.8, 4) is 5.75 Å². The molecule has 38 heavy (non-hydrogen) atoms. The number of methoxy groups -OCH3 is 1. The molecule has 0 aliphatic carbocycles. The Balaban J connectivity index is 1.84. The molecular weight excluding hydrogens is 525 g/mol. The van der Waals surface area contributed by atoms with Gasteiger partial charge in [0.1, 0.15) is 29.7 Å². The standard InChI is InChI=1S/C23H30N3O11P/c1-5-34-22(30)15-8-6-7-9-16(15)37-38(32,25-14(3)21(29)33-4)35-12-17-19(28)13(2)20(36-17)26-11-10-18(27)24-23(26)31/h6-11,13-14,17,19-20,28H,5,12H2,1-4H3,(H,25,32)(H,24,27,31). The van der Waals surface area contributed by atoms with Gasteiger partial charge in [-0.2, -0.15) is 5.09 Å².